The Hall–Kier alpha value is -1.30. The number of fused-ring (bicyclic) bond motifs is 1. The van der Waals surface area contributed by atoms with Gasteiger partial charge in [0.1, 0.15) is 5.60 Å². The lowest BCUT2D eigenvalue weighted by molar-refractivity contribution is 0.0140. The van der Waals surface area contributed by atoms with E-state index in [0.717, 1.165) is 22.1 Å². The van der Waals surface area contributed by atoms with Crippen LogP contribution < -0.4 is 4.90 Å². The minimum absolute atomic E-state index is 0.120. The molecule has 0 spiro atoms. The first-order valence-electron chi connectivity index (χ1n) is 6.83. The summed E-state index contributed by atoms with van der Waals surface area (Å²) in [5.41, 5.74) is 0.658. The fourth-order valence-electron chi connectivity index (χ4n) is 2.11. The van der Waals surface area contributed by atoms with Gasteiger partial charge in [-0.2, -0.15) is 0 Å². The summed E-state index contributed by atoms with van der Waals surface area (Å²) in [5, 5.41) is 0.994. The minimum atomic E-state index is -0.459. The normalized spacial score (nSPS) is 18.7. The molecule has 6 heteroatoms. The maximum Gasteiger partial charge on any atom is 0.410 e. The monoisotopic (exact) mass is 297 g/mol. The fourth-order valence-corrected chi connectivity index (χ4v) is 3.12. The summed E-state index contributed by atoms with van der Waals surface area (Å²) < 4.78 is 5.48. The number of ether oxygens (including phenoxy) is 1. The van der Waals surface area contributed by atoms with Gasteiger partial charge in [-0.05, 0) is 27.7 Å². The van der Waals surface area contributed by atoms with E-state index >= 15 is 0 Å². The van der Waals surface area contributed by atoms with Crippen LogP contribution >= 0.6 is 11.3 Å². The van der Waals surface area contributed by atoms with Gasteiger partial charge in [0.05, 0.1) is 12.2 Å². The number of thiazole rings is 1. The van der Waals surface area contributed by atoms with E-state index in [1.54, 1.807) is 16.2 Å². The number of rotatable bonds is 1. The van der Waals surface area contributed by atoms with Crippen LogP contribution in [-0.4, -0.2) is 41.7 Å². The summed E-state index contributed by atoms with van der Waals surface area (Å²) in [6.45, 7) is 8.31. The number of carbonyl (C=O) groups excluding carboxylic acids is 1. The zero-order chi connectivity index (χ0) is 15.1. The van der Waals surface area contributed by atoms with Gasteiger partial charge in [0.25, 0.3) is 0 Å². The Bertz CT molecular complexity index is 505. The molecule has 1 amide bonds. The van der Waals surface area contributed by atoms with Crippen molar-refractivity contribution >= 4 is 22.6 Å². The third kappa shape index (κ3) is 3.23. The van der Waals surface area contributed by atoms with Crippen LogP contribution in [0, 0.1) is 0 Å². The number of amides is 1. The number of aromatic nitrogens is 1. The molecular weight excluding hydrogens is 274 g/mol. The van der Waals surface area contributed by atoms with Gasteiger partial charge in [-0.25, -0.2) is 9.78 Å². The van der Waals surface area contributed by atoms with E-state index in [4.69, 9.17) is 4.74 Å². The molecule has 0 fully saturated rings. The maximum atomic E-state index is 12.3. The first-order chi connectivity index (χ1) is 9.17. The smallest absolute Gasteiger partial charge is 0.410 e. The van der Waals surface area contributed by atoms with Crippen LogP contribution in [0.5, 0.6) is 0 Å². The Balaban J connectivity index is 2.16. The third-order valence-corrected chi connectivity index (χ3v) is 4.36. The molecule has 112 valence electrons. The van der Waals surface area contributed by atoms with E-state index in [0.29, 0.717) is 6.54 Å². The standard InChI is InChI=1S/C14H23N3O2S/c1-9-7-10-11(20-12(15-10)16(5)6)8-17(9)13(18)19-14(2,3)4/h9H,7-8H2,1-6H3/t9-/m1/s1. The van der Waals surface area contributed by atoms with Crippen molar-refractivity contribution in [2.24, 2.45) is 0 Å². The van der Waals surface area contributed by atoms with Crippen LogP contribution in [-0.2, 0) is 17.7 Å². The SMILES string of the molecule is C[C@@H]1Cc2nc(N(C)C)sc2CN1C(=O)OC(C)(C)C. The van der Waals surface area contributed by atoms with Crippen LogP contribution in [0.4, 0.5) is 9.93 Å². The Morgan fingerprint density at radius 1 is 1.45 bits per heavy atom. The van der Waals surface area contributed by atoms with Crippen LogP contribution in [0.2, 0.25) is 0 Å². The predicted octanol–water partition coefficient (Wildman–Crippen LogP) is 2.89. The average molecular weight is 297 g/mol. The van der Waals surface area contributed by atoms with Crippen molar-refractivity contribution in [3.05, 3.63) is 10.6 Å². The second-order valence-electron chi connectivity index (χ2n) is 6.42. The lowest BCUT2D eigenvalue weighted by atomic mass is 10.1. The number of anilines is 1. The second kappa shape index (κ2) is 5.24. The highest BCUT2D eigenvalue weighted by Crippen LogP contribution is 2.32. The van der Waals surface area contributed by atoms with Gasteiger partial charge in [0.15, 0.2) is 5.13 Å². The average Bonchev–Trinajstić information content (AvgIpc) is 2.68. The molecule has 0 aromatic carbocycles. The van der Waals surface area contributed by atoms with Crippen molar-refractivity contribution in [3.63, 3.8) is 0 Å². The number of hydrogen-bond acceptors (Lipinski definition) is 5. The molecule has 0 unspecified atom stereocenters. The Kier molecular flexibility index (Phi) is 3.95. The Morgan fingerprint density at radius 2 is 2.10 bits per heavy atom. The van der Waals surface area contributed by atoms with Gasteiger partial charge in [0, 0.05) is 31.4 Å². The van der Waals surface area contributed by atoms with Crippen molar-refractivity contribution in [3.8, 4) is 0 Å². The molecule has 2 rings (SSSR count). The summed E-state index contributed by atoms with van der Waals surface area (Å²) >= 11 is 1.65. The van der Waals surface area contributed by atoms with E-state index in [1.807, 2.05) is 46.7 Å². The van der Waals surface area contributed by atoms with Crippen LogP contribution in [0.3, 0.4) is 0 Å². The first kappa shape index (κ1) is 15.1. The van der Waals surface area contributed by atoms with Gasteiger partial charge in [-0.3, -0.25) is 4.90 Å². The summed E-state index contributed by atoms with van der Waals surface area (Å²) in [6, 6.07) is 0.120. The van der Waals surface area contributed by atoms with E-state index in [2.05, 4.69) is 4.98 Å². The summed E-state index contributed by atoms with van der Waals surface area (Å²) in [7, 11) is 3.97. The molecule has 0 aliphatic carbocycles. The molecule has 0 bridgehead atoms. The van der Waals surface area contributed by atoms with Crippen LogP contribution in [0.15, 0.2) is 0 Å². The van der Waals surface area contributed by atoms with E-state index in [1.165, 1.54) is 0 Å². The molecule has 5 nitrogen and oxygen atoms in total. The quantitative estimate of drug-likeness (QED) is 0.799. The molecule has 1 aliphatic rings. The highest BCUT2D eigenvalue weighted by Gasteiger charge is 2.32. The Morgan fingerprint density at radius 3 is 2.65 bits per heavy atom. The van der Waals surface area contributed by atoms with Crippen molar-refractivity contribution in [1.82, 2.24) is 9.88 Å². The van der Waals surface area contributed by atoms with Gasteiger partial charge in [-0.15, -0.1) is 0 Å². The van der Waals surface area contributed by atoms with E-state index in [-0.39, 0.29) is 12.1 Å². The number of nitrogens with zero attached hydrogens (tertiary/aromatic N) is 3. The topological polar surface area (TPSA) is 45.7 Å². The summed E-state index contributed by atoms with van der Waals surface area (Å²) in [4.78, 5) is 21.9. The van der Waals surface area contributed by atoms with Crippen molar-refractivity contribution in [2.45, 2.75) is 52.3 Å². The molecule has 0 saturated carbocycles. The molecule has 20 heavy (non-hydrogen) atoms. The molecule has 1 aromatic heterocycles. The van der Waals surface area contributed by atoms with Gasteiger partial charge >= 0.3 is 6.09 Å². The highest BCUT2D eigenvalue weighted by atomic mass is 32.1. The van der Waals surface area contributed by atoms with E-state index in [9.17, 15) is 4.79 Å². The van der Waals surface area contributed by atoms with Gasteiger partial charge < -0.3 is 9.64 Å². The largest absolute Gasteiger partial charge is 0.444 e. The third-order valence-electron chi connectivity index (χ3n) is 3.11. The molecule has 0 radical (unpaired) electrons. The fraction of sp³-hybridized carbons (Fsp3) is 0.714. The van der Waals surface area contributed by atoms with Crippen LogP contribution in [0.1, 0.15) is 38.3 Å². The predicted molar refractivity (Wildman–Crippen MR) is 81.4 cm³/mol. The van der Waals surface area contributed by atoms with Gasteiger partial charge in [-0.1, -0.05) is 11.3 Å². The van der Waals surface area contributed by atoms with Crippen molar-refractivity contribution in [1.29, 1.82) is 0 Å². The lowest BCUT2D eigenvalue weighted by Gasteiger charge is -2.34. The lowest BCUT2D eigenvalue weighted by Crippen LogP contribution is -2.44. The van der Waals surface area contributed by atoms with Crippen molar-refractivity contribution < 1.29 is 9.53 Å². The summed E-state index contributed by atoms with van der Waals surface area (Å²) in [5.74, 6) is 0. The van der Waals surface area contributed by atoms with E-state index < -0.39 is 5.60 Å². The first-order valence-corrected chi connectivity index (χ1v) is 7.64. The molecule has 0 N–H and O–H groups in total. The number of carbonyl (C=O) groups is 1. The van der Waals surface area contributed by atoms with Crippen LogP contribution in [0.25, 0.3) is 0 Å². The molecule has 1 aromatic rings. The molecule has 2 heterocycles. The number of hydrogen-bond donors (Lipinski definition) is 0. The Labute approximate surface area is 124 Å². The molecule has 1 aliphatic heterocycles. The molecule has 1 atom stereocenters. The van der Waals surface area contributed by atoms with Gasteiger partial charge in [0.2, 0.25) is 0 Å². The maximum absolute atomic E-state index is 12.3. The highest BCUT2D eigenvalue weighted by molar-refractivity contribution is 7.15. The molecular formula is C14H23N3O2S. The minimum Gasteiger partial charge on any atom is -0.444 e. The second-order valence-corrected chi connectivity index (χ2v) is 7.48. The van der Waals surface area contributed by atoms with Crippen molar-refractivity contribution in [2.75, 3.05) is 19.0 Å². The molecule has 0 saturated heterocycles. The zero-order valence-corrected chi connectivity index (χ0v) is 13.9. The summed E-state index contributed by atoms with van der Waals surface area (Å²) in [6.07, 6.45) is 0.550. The zero-order valence-electron chi connectivity index (χ0n) is 13.1.